The Morgan fingerprint density at radius 1 is 1.50 bits per heavy atom. The molecule has 1 aliphatic rings. The molecule has 3 nitrogen and oxygen atoms in total. The van der Waals surface area contributed by atoms with Crippen LogP contribution in [0, 0.1) is 5.92 Å². The maximum absolute atomic E-state index is 5.80. The molecule has 0 bridgehead atoms. The second kappa shape index (κ2) is 4.13. The molecule has 14 heavy (non-hydrogen) atoms. The summed E-state index contributed by atoms with van der Waals surface area (Å²) in [7, 11) is 0. The predicted octanol–water partition coefficient (Wildman–Crippen LogP) is 2.37. The van der Waals surface area contributed by atoms with Crippen LogP contribution in [0.5, 0.6) is 0 Å². The zero-order valence-electron chi connectivity index (χ0n) is 8.28. The first-order valence-electron chi connectivity index (χ1n) is 4.98. The highest BCUT2D eigenvalue weighted by Crippen LogP contribution is 2.21. The van der Waals surface area contributed by atoms with Gasteiger partial charge in [0.15, 0.2) is 0 Å². The van der Waals surface area contributed by atoms with E-state index in [2.05, 4.69) is 21.8 Å². The van der Waals surface area contributed by atoms with Crippen LogP contribution in [0.2, 0.25) is 5.15 Å². The average Bonchev–Trinajstić information content (AvgIpc) is 2.18. The lowest BCUT2D eigenvalue weighted by Gasteiger charge is -2.31. The van der Waals surface area contributed by atoms with Crippen LogP contribution in [0.3, 0.4) is 0 Å². The third kappa shape index (κ3) is 2.15. The molecule has 1 aliphatic heterocycles. The zero-order chi connectivity index (χ0) is 9.97. The highest BCUT2D eigenvalue weighted by molar-refractivity contribution is 6.29. The van der Waals surface area contributed by atoms with E-state index >= 15 is 0 Å². The molecule has 1 aromatic heterocycles. The Labute approximate surface area is 89.1 Å². The third-order valence-corrected chi connectivity index (χ3v) is 2.76. The quantitative estimate of drug-likeness (QED) is 0.714. The van der Waals surface area contributed by atoms with Gasteiger partial charge < -0.3 is 4.90 Å². The Bertz CT molecular complexity index is 316. The topological polar surface area (TPSA) is 29.0 Å². The van der Waals surface area contributed by atoms with E-state index in [1.165, 1.54) is 12.8 Å². The van der Waals surface area contributed by atoms with Gasteiger partial charge in [-0.25, -0.2) is 4.98 Å². The lowest BCUT2D eigenvalue weighted by Crippen LogP contribution is -2.34. The minimum absolute atomic E-state index is 0.473. The van der Waals surface area contributed by atoms with Crippen LogP contribution in [-0.4, -0.2) is 23.1 Å². The van der Waals surface area contributed by atoms with Gasteiger partial charge in [0.2, 0.25) is 0 Å². The van der Waals surface area contributed by atoms with E-state index in [0.717, 1.165) is 24.8 Å². The maximum Gasteiger partial charge on any atom is 0.149 e. The molecular weight excluding hydrogens is 198 g/mol. The summed E-state index contributed by atoms with van der Waals surface area (Å²) < 4.78 is 0. The van der Waals surface area contributed by atoms with Crippen molar-refractivity contribution in [2.75, 3.05) is 18.0 Å². The molecule has 0 saturated carbocycles. The summed E-state index contributed by atoms with van der Waals surface area (Å²) in [4.78, 5) is 10.6. The fourth-order valence-corrected chi connectivity index (χ4v) is 2.03. The van der Waals surface area contributed by atoms with Crippen molar-refractivity contribution in [3.05, 3.63) is 17.5 Å². The van der Waals surface area contributed by atoms with Crippen molar-refractivity contribution in [1.29, 1.82) is 0 Å². The molecule has 0 N–H and O–H groups in total. The fraction of sp³-hybridized carbons (Fsp3) is 0.600. The van der Waals surface area contributed by atoms with Crippen molar-refractivity contribution in [2.24, 2.45) is 5.92 Å². The lowest BCUT2D eigenvalue weighted by molar-refractivity contribution is 0.444. The third-order valence-electron chi connectivity index (χ3n) is 2.57. The lowest BCUT2D eigenvalue weighted by atomic mass is 10.0. The number of hydrogen-bond acceptors (Lipinski definition) is 3. The molecule has 4 heteroatoms. The summed E-state index contributed by atoms with van der Waals surface area (Å²) in [5.74, 6) is 1.65. The second-order valence-electron chi connectivity index (χ2n) is 3.89. The molecule has 0 aliphatic carbocycles. The minimum Gasteiger partial charge on any atom is -0.355 e. The molecule has 1 aromatic rings. The zero-order valence-corrected chi connectivity index (χ0v) is 9.04. The minimum atomic E-state index is 0.473. The molecule has 0 radical (unpaired) electrons. The monoisotopic (exact) mass is 211 g/mol. The van der Waals surface area contributed by atoms with Gasteiger partial charge in [0.25, 0.3) is 0 Å². The summed E-state index contributed by atoms with van der Waals surface area (Å²) in [5, 5.41) is 0.473. The number of halogens is 1. The first kappa shape index (κ1) is 9.71. The SMILES string of the molecule is CC1CCCN(c2cncc(Cl)n2)C1. The Hall–Kier alpha value is -0.830. The molecule has 1 unspecified atom stereocenters. The summed E-state index contributed by atoms with van der Waals surface area (Å²) >= 11 is 5.80. The van der Waals surface area contributed by atoms with Gasteiger partial charge in [0, 0.05) is 13.1 Å². The Morgan fingerprint density at radius 2 is 2.36 bits per heavy atom. The Balaban J connectivity index is 2.14. The molecule has 1 atom stereocenters. The van der Waals surface area contributed by atoms with E-state index in [1.807, 2.05) is 0 Å². The number of nitrogens with zero attached hydrogens (tertiary/aromatic N) is 3. The van der Waals surface area contributed by atoms with Crippen molar-refractivity contribution < 1.29 is 0 Å². The summed E-state index contributed by atoms with van der Waals surface area (Å²) in [5.41, 5.74) is 0. The van der Waals surface area contributed by atoms with Gasteiger partial charge in [0.05, 0.1) is 12.4 Å². The Morgan fingerprint density at radius 3 is 3.07 bits per heavy atom. The van der Waals surface area contributed by atoms with Crippen molar-refractivity contribution >= 4 is 17.4 Å². The van der Waals surface area contributed by atoms with Crippen LogP contribution in [0.15, 0.2) is 12.4 Å². The van der Waals surface area contributed by atoms with Crippen molar-refractivity contribution in [3.8, 4) is 0 Å². The number of piperidine rings is 1. The van der Waals surface area contributed by atoms with Crippen LogP contribution < -0.4 is 4.90 Å². The molecule has 0 amide bonds. The summed E-state index contributed by atoms with van der Waals surface area (Å²) in [6, 6.07) is 0. The molecule has 1 fully saturated rings. The van der Waals surface area contributed by atoms with Gasteiger partial charge in [-0.15, -0.1) is 0 Å². The molecule has 0 spiro atoms. The summed E-state index contributed by atoms with van der Waals surface area (Å²) in [6.45, 7) is 4.40. The van der Waals surface area contributed by atoms with Gasteiger partial charge in [-0.2, -0.15) is 0 Å². The van der Waals surface area contributed by atoms with Crippen LogP contribution >= 0.6 is 11.6 Å². The van der Waals surface area contributed by atoms with Gasteiger partial charge in [-0.1, -0.05) is 18.5 Å². The number of hydrogen-bond donors (Lipinski definition) is 0. The smallest absolute Gasteiger partial charge is 0.149 e. The van der Waals surface area contributed by atoms with Gasteiger partial charge in [-0.05, 0) is 18.8 Å². The molecule has 2 heterocycles. The van der Waals surface area contributed by atoms with Crippen LogP contribution in [0.1, 0.15) is 19.8 Å². The first-order chi connectivity index (χ1) is 6.75. The van der Waals surface area contributed by atoms with E-state index in [0.29, 0.717) is 5.15 Å². The standard InChI is InChI=1S/C10H14ClN3/c1-8-3-2-4-14(7-8)10-6-12-5-9(11)13-10/h5-6,8H,2-4,7H2,1H3. The summed E-state index contributed by atoms with van der Waals surface area (Å²) in [6.07, 6.45) is 5.89. The van der Waals surface area contributed by atoms with Crippen molar-refractivity contribution in [2.45, 2.75) is 19.8 Å². The molecule has 76 valence electrons. The highest BCUT2D eigenvalue weighted by Gasteiger charge is 2.17. The van der Waals surface area contributed by atoms with E-state index in [-0.39, 0.29) is 0 Å². The first-order valence-corrected chi connectivity index (χ1v) is 5.36. The molecular formula is C10H14ClN3. The number of anilines is 1. The largest absolute Gasteiger partial charge is 0.355 e. The van der Waals surface area contributed by atoms with E-state index in [4.69, 9.17) is 11.6 Å². The van der Waals surface area contributed by atoms with Crippen LogP contribution in [0.25, 0.3) is 0 Å². The van der Waals surface area contributed by atoms with E-state index in [9.17, 15) is 0 Å². The van der Waals surface area contributed by atoms with Crippen molar-refractivity contribution in [3.63, 3.8) is 0 Å². The average molecular weight is 212 g/mol. The fourth-order valence-electron chi connectivity index (χ4n) is 1.88. The van der Waals surface area contributed by atoms with Gasteiger partial charge >= 0.3 is 0 Å². The van der Waals surface area contributed by atoms with Gasteiger partial charge in [0.1, 0.15) is 11.0 Å². The van der Waals surface area contributed by atoms with E-state index in [1.54, 1.807) is 12.4 Å². The van der Waals surface area contributed by atoms with Crippen LogP contribution in [0.4, 0.5) is 5.82 Å². The highest BCUT2D eigenvalue weighted by atomic mass is 35.5. The van der Waals surface area contributed by atoms with Gasteiger partial charge in [-0.3, -0.25) is 4.98 Å². The number of rotatable bonds is 1. The predicted molar refractivity (Wildman–Crippen MR) is 57.7 cm³/mol. The second-order valence-corrected chi connectivity index (χ2v) is 4.28. The van der Waals surface area contributed by atoms with Crippen molar-refractivity contribution in [1.82, 2.24) is 9.97 Å². The normalized spacial score (nSPS) is 22.4. The molecule has 1 saturated heterocycles. The number of aromatic nitrogens is 2. The van der Waals surface area contributed by atoms with Crippen LogP contribution in [-0.2, 0) is 0 Å². The van der Waals surface area contributed by atoms with E-state index < -0.39 is 0 Å². The Kier molecular flexibility index (Phi) is 2.87. The maximum atomic E-state index is 5.80. The molecule has 0 aromatic carbocycles. The molecule has 2 rings (SSSR count).